The van der Waals surface area contributed by atoms with Crippen molar-refractivity contribution in [2.75, 3.05) is 13.1 Å². The topological polar surface area (TPSA) is 105 Å². The molecule has 1 aliphatic heterocycles. The number of ether oxygens (including phenoxy) is 2. The summed E-state index contributed by atoms with van der Waals surface area (Å²) in [6.07, 6.45) is 1.46. The average molecular weight is 386 g/mol. The number of carbonyl (C=O) groups is 2. The lowest BCUT2D eigenvalue weighted by Gasteiger charge is -2.27. The largest absolute Gasteiger partial charge is 0.460 e. The van der Waals surface area contributed by atoms with Crippen LogP contribution in [0.4, 0.5) is 4.79 Å². The van der Waals surface area contributed by atoms with Crippen molar-refractivity contribution in [3.8, 4) is 0 Å². The first kappa shape index (κ1) is 21.3. The molecule has 0 spiro atoms. The summed E-state index contributed by atoms with van der Waals surface area (Å²) >= 11 is 0. The monoisotopic (exact) mass is 386 g/mol. The summed E-state index contributed by atoms with van der Waals surface area (Å²) in [5, 5.41) is 3.81. The zero-order chi connectivity index (χ0) is 20.8. The number of azide groups is 1. The molecule has 1 aromatic carbocycles. The highest BCUT2D eigenvalue weighted by atomic mass is 16.6. The van der Waals surface area contributed by atoms with Gasteiger partial charge in [-0.1, -0.05) is 41.5 Å². The van der Waals surface area contributed by atoms with Crippen LogP contribution < -0.4 is 0 Å². The van der Waals surface area contributed by atoms with Gasteiger partial charge in [-0.2, -0.15) is 0 Å². The lowest BCUT2D eigenvalue weighted by Crippen LogP contribution is -2.46. The van der Waals surface area contributed by atoms with E-state index in [9.17, 15) is 9.59 Å². The zero-order valence-electron chi connectivity index (χ0n) is 16.5. The van der Waals surface area contributed by atoms with Crippen LogP contribution in [-0.2, 0) is 20.9 Å². The van der Waals surface area contributed by atoms with Crippen LogP contribution in [0.3, 0.4) is 0 Å². The SMILES string of the molecule is C=CCC1CN(C(=O)OC(C)(C)C)CC1(N=[N+]=[N-])C(=O)OCc1ccccc1. The maximum absolute atomic E-state index is 13.0. The molecule has 0 aliphatic carbocycles. The third-order valence-electron chi connectivity index (χ3n) is 4.44. The highest BCUT2D eigenvalue weighted by Crippen LogP contribution is 2.36. The van der Waals surface area contributed by atoms with E-state index < -0.39 is 29.1 Å². The first-order valence-corrected chi connectivity index (χ1v) is 9.08. The van der Waals surface area contributed by atoms with Crippen LogP contribution >= 0.6 is 0 Å². The van der Waals surface area contributed by atoms with E-state index in [0.717, 1.165) is 5.56 Å². The van der Waals surface area contributed by atoms with Crippen LogP contribution in [0.1, 0.15) is 32.8 Å². The number of hydrogen-bond donors (Lipinski definition) is 0. The summed E-state index contributed by atoms with van der Waals surface area (Å²) in [5.74, 6) is -1.11. The summed E-state index contributed by atoms with van der Waals surface area (Å²) < 4.78 is 10.9. The number of amides is 1. The van der Waals surface area contributed by atoms with E-state index in [1.807, 2.05) is 30.3 Å². The van der Waals surface area contributed by atoms with Crippen molar-refractivity contribution in [3.05, 3.63) is 59.0 Å². The van der Waals surface area contributed by atoms with E-state index in [4.69, 9.17) is 15.0 Å². The fourth-order valence-electron chi connectivity index (χ4n) is 3.15. The zero-order valence-corrected chi connectivity index (χ0v) is 16.5. The van der Waals surface area contributed by atoms with E-state index >= 15 is 0 Å². The minimum Gasteiger partial charge on any atom is -0.460 e. The maximum Gasteiger partial charge on any atom is 0.410 e. The van der Waals surface area contributed by atoms with Gasteiger partial charge in [0, 0.05) is 23.9 Å². The number of nitrogens with zero attached hydrogens (tertiary/aromatic N) is 4. The molecule has 1 amide bonds. The highest BCUT2D eigenvalue weighted by Gasteiger charge is 2.54. The number of esters is 1. The lowest BCUT2D eigenvalue weighted by molar-refractivity contribution is -0.152. The van der Waals surface area contributed by atoms with Gasteiger partial charge in [-0.25, -0.2) is 4.79 Å². The molecule has 28 heavy (non-hydrogen) atoms. The molecule has 1 aromatic rings. The maximum atomic E-state index is 13.0. The number of likely N-dealkylation sites (tertiary alicyclic amines) is 1. The Bertz CT molecular complexity index is 768. The van der Waals surface area contributed by atoms with Crippen molar-refractivity contribution >= 4 is 12.1 Å². The predicted octanol–water partition coefficient (Wildman–Crippen LogP) is 4.22. The summed E-state index contributed by atoms with van der Waals surface area (Å²) in [7, 11) is 0. The van der Waals surface area contributed by atoms with E-state index in [0.29, 0.717) is 6.42 Å². The van der Waals surface area contributed by atoms with Gasteiger partial charge in [0.2, 0.25) is 0 Å². The van der Waals surface area contributed by atoms with E-state index in [1.54, 1.807) is 26.8 Å². The van der Waals surface area contributed by atoms with Gasteiger partial charge in [-0.3, -0.25) is 4.79 Å². The molecule has 2 atom stereocenters. The molecule has 2 unspecified atom stereocenters. The molecule has 8 nitrogen and oxygen atoms in total. The Morgan fingerprint density at radius 3 is 2.64 bits per heavy atom. The minimum atomic E-state index is -1.52. The third-order valence-corrected chi connectivity index (χ3v) is 4.44. The Morgan fingerprint density at radius 1 is 1.39 bits per heavy atom. The molecule has 0 bridgehead atoms. The number of rotatable bonds is 6. The van der Waals surface area contributed by atoms with Gasteiger partial charge >= 0.3 is 12.1 Å². The molecule has 0 aromatic heterocycles. The second kappa shape index (κ2) is 8.80. The van der Waals surface area contributed by atoms with Gasteiger partial charge < -0.3 is 14.4 Å². The van der Waals surface area contributed by atoms with Crippen molar-refractivity contribution in [2.24, 2.45) is 11.0 Å². The predicted molar refractivity (Wildman–Crippen MR) is 104 cm³/mol. The molecule has 0 N–H and O–H groups in total. The molecular weight excluding hydrogens is 360 g/mol. The van der Waals surface area contributed by atoms with Crippen LogP contribution in [-0.4, -0.2) is 41.2 Å². The highest BCUT2D eigenvalue weighted by molar-refractivity contribution is 5.84. The summed E-state index contributed by atoms with van der Waals surface area (Å²) in [6, 6.07) is 9.20. The molecule has 150 valence electrons. The molecular formula is C20H26N4O4. The first-order valence-electron chi connectivity index (χ1n) is 9.08. The summed E-state index contributed by atoms with van der Waals surface area (Å²) in [5.41, 5.74) is 7.73. The van der Waals surface area contributed by atoms with Gasteiger partial charge in [-0.05, 0) is 38.3 Å². The van der Waals surface area contributed by atoms with Crippen molar-refractivity contribution in [3.63, 3.8) is 0 Å². The van der Waals surface area contributed by atoms with Crippen LogP contribution in [0.25, 0.3) is 10.4 Å². The molecule has 0 saturated carbocycles. The molecule has 1 heterocycles. The number of carbonyl (C=O) groups excluding carboxylic acids is 2. The number of benzene rings is 1. The molecule has 2 rings (SSSR count). The normalized spacial score (nSPS) is 21.5. The fourth-order valence-corrected chi connectivity index (χ4v) is 3.15. The van der Waals surface area contributed by atoms with Crippen LogP contribution in [0.5, 0.6) is 0 Å². The Labute approximate surface area is 164 Å². The Balaban J connectivity index is 2.24. The molecule has 1 fully saturated rings. The summed E-state index contributed by atoms with van der Waals surface area (Å²) in [4.78, 5) is 29.7. The molecule has 1 aliphatic rings. The Morgan fingerprint density at radius 2 is 2.07 bits per heavy atom. The van der Waals surface area contributed by atoms with Gasteiger partial charge in [0.15, 0.2) is 5.54 Å². The standard InChI is InChI=1S/C20H26N4O4/c1-5-9-16-12-24(18(26)28-19(2,3)4)14-20(16,22-23-21)17(25)27-13-15-10-7-6-8-11-15/h5-8,10-11,16H,1,9,12-14H2,2-4H3. The Hall–Kier alpha value is -2.99. The number of allylic oxidation sites excluding steroid dienone is 1. The van der Waals surface area contributed by atoms with Crippen LogP contribution in [0, 0.1) is 5.92 Å². The third kappa shape index (κ3) is 5.04. The minimum absolute atomic E-state index is 0.0512. The van der Waals surface area contributed by atoms with Crippen LogP contribution in [0.2, 0.25) is 0 Å². The second-order valence-corrected chi connectivity index (χ2v) is 7.76. The summed E-state index contributed by atoms with van der Waals surface area (Å²) in [6.45, 7) is 9.15. The van der Waals surface area contributed by atoms with E-state index in [2.05, 4.69) is 16.6 Å². The van der Waals surface area contributed by atoms with Gasteiger partial charge in [0.25, 0.3) is 0 Å². The van der Waals surface area contributed by atoms with Gasteiger partial charge in [-0.15, -0.1) is 6.58 Å². The smallest absolute Gasteiger partial charge is 0.410 e. The fraction of sp³-hybridized carbons (Fsp3) is 0.500. The second-order valence-electron chi connectivity index (χ2n) is 7.76. The van der Waals surface area contributed by atoms with Gasteiger partial charge in [0.1, 0.15) is 12.2 Å². The number of hydrogen-bond acceptors (Lipinski definition) is 5. The quantitative estimate of drug-likeness (QED) is 0.240. The molecule has 8 heteroatoms. The first-order chi connectivity index (χ1) is 13.2. The van der Waals surface area contributed by atoms with Crippen molar-refractivity contribution in [1.82, 2.24) is 4.90 Å². The van der Waals surface area contributed by atoms with Crippen molar-refractivity contribution in [2.45, 2.75) is 44.9 Å². The Kier molecular flexibility index (Phi) is 6.70. The lowest BCUT2D eigenvalue weighted by atomic mass is 9.85. The van der Waals surface area contributed by atoms with E-state index in [-0.39, 0.29) is 19.7 Å². The van der Waals surface area contributed by atoms with Crippen LogP contribution in [0.15, 0.2) is 48.1 Å². The van der Waals surface area contributed by atoms with Crippen molar-refractivity contribution in [1.29, 1.82) is 0 Å². The average Bonchev–Trinajstić information content (AvgIpc) is 3.00. The van der Waals surface area contributed by atoms with E-state index in [1.165, 1.54) is 4.90 Å². The van der Waals surface area contributed by atoms with Crippen molar-refractivity contribution < 1.29 is 19.1 Å². The molecule has 0 radical (unpaired) electrons. The molecule has 1 saturated heterocycles. The van der Waals surface area contributed by atoms with Gasteiger partial charge in [0.05, 0.1) is 0 Å².